The van der Waals surface area contributed by atoms with Crippen molar-refractivity contribution in [3.05, 3.63) is 5.01 Å². The molecule has 122 valence electrons. The average Bonchev–Trinajstić information content (AvgIpc) is 3.19. The molecule has 7 heteroatoms. The molecule has 0 aliphatic carbocycles. The molecule has 2 unspecified atom stereocenters. The van der Waals surface area contributed by atoms with Gasteiger partial charge in [-0.2, -0.15) is 0 Å². The van der Waals surface area contributed by atoms with Crippen molar-refractivity contribution in [1.29, 1.82) is 0 Å². The third-order valence-electron chi connectivity index (χ3n) is 4.62. The Balaban J connectivity index is 1.66. The molecule has 1 amide bonds. The topological polar surface area (TPSA) is 58.6 Å². The lowest BCUT2D eigenvalue weighted by Gasteiger charge is -2.34. The predicted molar refractivity (Wildman–Crippen MR) is 84.9 cm³/mol. The highest BCUT2D eigenvalue weighted by atomic mass is 32.1. The van der Waals surface area contributed by atoms with Gasteiger partial charge in [-0.3, -0.25) is 9.69 Å². The van der Waals surface area contributed by atoms with E-state index in [4.69, 9.17) is 4.74 Å². The molecule has 2 fully saturated rings. The third kappa shape index (κ3) is 3.25. The standard InChI is InChI=1S/C15H24N4O2S/c1-3-21-15-17-16-14(22-15)10-18-8-4-6-12(18)13-7-5-9-19(13)11(2)20/h12-13H,3-10H2,1-2H3. The normalized spacial score (nSPS) is 25.8. The van der Waals surface area contributed by atoms with Crippen molar-refractivity contribution in [2.75, 3.05) is 19.7 Å². The summed E-state index contributed by atoms with van der Waals surface area (Å²) in [6.07, 6.45) is 4.62. The molecular formula is C15H24N4O2S. The van der Waals surface area contributed by atoms with E-state index in [9.17, 15) is 4.79 Å². The second-order valence-corrected chi connectivity index (χ2v) is 7.02. The summed E-state index contributed by atoms with van der Waals surface area (Å²) in [4.78, 5) is 16.4. The van der Waals surface area contributed by atoms with Crippen LogP contribution in [0.2, 0.25) is 0 Å². The molecule has 0 bridgehead atoms. The van der Waals surface area contributed by atoms with Crippen molar-refractivity contribution in [2.24, 2.45) is 0 Å². The lowest BCUT2D eigenvalue weighted by molar-refractivity contribution is -0.130. The Bertz CT molecular complexity index is 521. The van der Waals surface area contributed by atoms with Gasteiger partial charge in [0.05, 0.1) is 13.2 Å². The Morgan fingerprint density at radius 1 is 1.27 bits per heavy atom. The molecule has 0 aromatic carbocycles. The van der Waals surface area contributed by atoms with Gasteiger partial charge in [-0.1, -0.05) is 11.3 Å². The zero-order valence-electron chi connectivity index (χ0n) is 13.3. The lowest BCUT2D eigenvalue weighted by atomic mass is 10.0. The summed E-state index contributed by atoms with van der Waals surface area (Å²) in [6.45, 7) is 7.08. The average molecular weight is 324 g/mol. The number of carbonyl (C=O) groups is 1. The number of hydrogen-bond acceptors (Lipinski definition) is 6. The van der Waals surface area contributed by atoms with Crippen LogP contribution >= 0.6 is 11.3 Å². The maximum Gasteiger partial charge on any atom is 0.294 e. The summed E-state index contributed by atoms with van der Waals surface area (Å²) in [6, 6.07) is 0.838. The second-order valence-electron chi connectivity index (χ2n) is 6.00. The second kappa shape index (κ2) is 6.91. The fraction of sp³-hybridized carbons (Fsp3) is 0.800. The first-order valence-electron chi connectivity index (χ1n) is 8.15. The summed E-state index contributed by atoms with van der Waals surface area (Å²) < 4.78 is 5.40. The van der Waals surface area contributed by atoms with Crippen molar-refractivity contribution in [1.82, 2.24) is 20.0 Å². The summed E-state index contributed by atoms with van der Waals surface area (Å²) in [5.74, 6) is 0.212. The van der Waals surface area contributed by atoms with Crippen LogP contribution in [0.5, 0.6) is 5.19 Å². The summed E-state index contributed by atoms with van der Waals surface area (Å²) in [5.41, 5.74) is 0. The van der Waals surface area contributed by atoms with E-state index in [1.54, 1.807) is 6.92 Å². The van der Waals surface area contributed by atoms with Crippen LogP contribution in [0.15, 0.2) is 0 Å². The molecule has 1 aromatic heterocycles. The molecule has 0 spiro atoms. The van der Waals surface area contributed by atoms with Crippen LogP contribution in [-0.4, -0.2) is 57.7 Å². The van der Waals surface area contributed by atoms with E-state index in [1.807, 2.05) is 6.92 Å². The number of carbonyl (C=O) groups excluding carboxylic acids is 1. The van der Waals surface area contributed by atoms with E-state index in [0.29, 0.717) is 23.9 Å². The molecule has 6 nitrogen and oxygen atoms in total. The quantitative estimate of drug-likeness (QED) is 0.828. The highest BCUT2D eigenvalue weighted by Crippen LogP contribution is 2.32. The molecule has 3 heterocycles. The molecule has 1 aromatic rings. The summed E-state index contributed by atoms with van der Waals surface area (Å²) >= 11 is 1.53. The number of aromatic nitrogens is 2. The molecule has 2 aliphatic heterocycles. The van der Waals surface area contributed by atoms with Crippen molar-refractivity contribution in [3.63, 3.8) is 0 Å². The summed E-state index contributed by atoms with van der Waals surface area (Å²) in [7, 11) is 0. The van der Waals surface area contributed by atoms with E-state index in [0.717, 1.165) is 37.5 Å². The molecule has 22 heavy (non-hydrogen) atoms. The van der Waals surface area contributed by atoms with Crippen LogP contribution in [0.4, 0.5) is 0 Å². The largest absolute Gasteiger partial charge is 0.469 e. The molecule has 2 atom stereocenters. The fourth-order valence-corrected chi connectivity index (χ4v) is 4.50. The third-order valence-corrected chi connectivity index (χ3v) is 5.44. The van der Waals surface area contributed by atoms with Gasteiger partial charge in [-0.05, 0) is 39.2 Å². The smallest absolute Gasteiger partial charge is 0.294 e. The van der Waals surface area contributed by atoms with Gasteiger partial charge in [0.2, 0.25) is 5.91 Å². The summed E-state index contributed by atoms with van der Waals surface area (Å²) in [5, 5.41) is 9.96. The van der Waals surface area contributed by atoms with Gasteiger partial charge in [-0.25, -0.2) is 0 Å². The van der Waals surface area contributed by atoms with E-state index in [1.165, 1.54) is 24.2 Å². The van der Waals surface area contributed by atoms with Crippen molar-refractivity contribution in [2.45, 2.75) is 58.2 Å². The molecular weight excluding hydrogens is 300 g/mol. The molecule has 2 saturated heterocycles. The Morgan fingerprint density at radius 3 is 2.82 bits per heavy atom. The van der Waals surface area contributed by atoms with E-state index in [-0.39, 0.29) is 5.91 Å². The Kier molecular flexibility index (Phi) is 4.93. The Morgan fingerprint density at radius 2 is 2.05 bits per heavy atom. The van der Waals surface area contributed by atoms with Crippen LogP contribution in [0, 0.1) is 0 Å². The van der Waals surface area contributed by atoms with Gasteiger partial charge >= 0.3 is 0 Å². The molecule has 0 saturated carbocycles. The number of nitrogens with zero attached hydrogens (tertiary/aromatic N) is 4. The monoisotopic (exact) mass is 324 g/mol. The number of amides is 1. The first-order valence-corrected chi connectivity index (χ1v) is 8.97. The van der Waals surface area contributed by atoms with Crippen LogP contribution in [0.25, 0.3) is 0 Å². The van der Waals surface area contributed by atoms with E-state index < -0.39 is 0 Å². The highest BCUT2D eigenvalue weighted by Gasteiger charge is 2.38. The Hall–Kier alpha value is -1.21. The first-order chi connectivity index (χ1) is 10.7. The van der Waals surface area contributed by atoms with Gasteiger partial charge in [-0.15, -0.1) is 10.2 Å². The van der Waals surface area contributed by atoms with E-state index in [2.05, 4.69) is 20.0 Å². The molecule has 2 aliphatic rings. The van der Waals surface area contributed by atoms with Gasteiger partial charge < -0.3 is 9.64 Å². The Labute approximate surface area is 135 Å². The number of hydrogen-bond donors (Lipinski definition) is 0. The molecule has 3 rings (SSSR count). The molecule has 0 N–H and O–H groups in total. The molecule has 0 radical (unpaired) electrons. The SMILES string of the molecule is CCOc1nnc(CN2CCCC2C2CCCN2C(C)=O)s1. The first kappa shape index (κ1) is 15.7. The van der Waals surface area contributed by atoms with Crippen molar-refractivity contribution < 1.29 is 9.53 Å². The minimum absolute atomic E-state index is 0.212. The van der Waals surface area contributed by atoms with Gasteiger partial charge in [0.25, 0.3) is 5.19 Å². The van der Waals surface area contributed by atoms with E-state index >= 15 is 0 Å². The predicted octanol–water partition coefficient (Wildman–Crippen LogP) is 1.91. The lowest BCUT2D eigenvalue weighted by Crippen LogP contribution is -2.47. The number of likely N-dealkylation sites (tertiary alicyclic amines) is 2. The van der Waals surface area contributed by atoms with Gasteiger partial charge in [0.1, 0.15) is 5.01 Å². The van der Waals surface area contributed by atoms with Gasteiger partial charge in [0.15, 0.2) is 0 Å². The van der Waals surface area contributed by atoms with Crippen LogP contribution in [0.1, 0.15) is 44.5 Å². The van der Waals surface area contributed by atoms with Crippen LogP contribution in [0.3, 0.4) is 0 Å². The van der Waals surface area contributed by atoms with Crippen LogP contribution < -0.4 is 4.74 Å². The fourth-order valence-electron chi connectivity index (χ4n) is 3.73. The van der Waals surface area contributed by atoms with Crippen molar-refractivity contribution >= 4 is 17.2 Å². The number of rotatable bonds is 5. The van der Waals surface area contributed by atoms with Crippen LogP contribution in [-0.2, 0) is 11.3 Å². The van der Waals surface area contributed by atoms with Gasteiger partial charge in [0, 0.05) is 25.6 Å². The minimum atomic E-state index is 0.212. The zero-order chi connectivity index (χ0) is 15.5. The minimum Gasteiger partial charge on any atom is -0.469 e. The zero-order valence-corrected chi connectivity index (χ0v) is 14.1. The maximum atomic E-state index is 11.8. The number of ether oxygens (including phenoxy) is 1. The highest BCUT2D eigenvalue weighted by molar-refractivity contribution is 7.13. The van der Waals surface area contributed by atoms with Crippen molar-refractivity contribution in [3.8, 4) is 5.19 Å². The maximum absolute atomic E-state index is 11.8.